The van der Waals surface area contributed by atoms with Crippen LogP contribution in [0.1, 0.15) is 31.2 Å². The molecular weight excluding hydrogens is 565 g/mol. The van der Waals surface area contributed by atoms with Gasteiger partial charge in [0, 0.05) is 54.1 Å². The first-order chi connectivity index (χ1) is 22.0. The zero-order valence-electron chi connectivity index (χ0n) is 25.7. The molecule has 4 heterocycles. The van der Waals surface area contributed by atoms with Gasteiger partial charge in [0.25, 0.3) is 0 Å². The highest BCUT2D eigenvalue weighted by Crippen LogP contribution is 2.36. The van der Waals surface area contributed by atoms with Gasteiger partial charge in [-0.15, -0.1) is 0 Å². The minimum atomic E-state index is -0.345. The van der Waals surface area contributed by atoms with Crippen molar-refractivity contribution in [3.8, 4) is 39.4 Å². The summed E-state index contributed by atoms with van der Waals surface area (Å²) < 4.78 is 20.5. The number of benzene rings is 2. The number of pyridine rings is 2. The second-order valence-electron chi connectivity index (χ2n) is 12.3. The molecule has 1 fully saturated rings. The fourth-order valence-corrected chi connectivity index (χ4v) is 6.33. The molecule has 0 atom stereocenters. The number of nitrogens with one attached hydrogen (secondary N) is 3. The van der Waals surface area contributed by atoms with Crippen molar-refractivity contribution in [1.82, 2.24) is 35.4 Å². The molecule has 3 N–H and O–H groups in total. The third-order valence-corrected chi connectivity index (χ3v) is 8.70. The van der Waals surface area contributed by atoms with E-state index in [-0.39, 0.29) is 5.82 Å². The Kier molecular flexibility index (Phi) is 8.28. The van der Waals surface area contributed by atoms with Crippen LogP contribution in [0.2, 0.25) is 0 Å². The Bertz CT molecular complexity index is 1940. The van der Waals surface area contributed by atoms with Crippen molar-refractivity contribution in [2.24, 2.45) is 5.92 Å². The van der Waals surface area contributed by atoms with Crippen LogP contribution in [0.5, 0.6) is 5.75 Å². The fourth-order valence-electron chi connectivity index (χ4n) is 6.33. The molecule has 0 amide bonds. The summed E-state index contributed by atoms with van der Waals surface area (Å²) in [6.45, 7) is 3.10. The van der Waals surface area contributed by atoms with Crippen molar-refractivity contribution in [3.63, 3.8) is 0 Å². The van der Waals surface area contributed by atoms with E-state index in [2.05, 4.69) is 54.7 Å². The molecule has 8 nitrogen and oxygen atoms in total. The number of aromatic amines is 2. The Balaban J connectivity index is 1.17. The molecule has 0 unspecified atom stereocenters. The number of likely N-dealkylation sites (N-methyl/N-ethyl adjacent to an activating group) is 1. The smallest absolute Gasteiger partial charge is 0.138 e. The van der Waals surface area contributed by atoms with E-state index < -0.39 is 0 Å². The summed E-state index contributed by atoms with van der Waals surface area (Å²) in [6, 6.07) is 17.3. The number of nitrogens with zero attached hydrogens (tertiary/aromatic N) is 4. The Morgan fingerprint density at radius 3 is 2.71 bits per heavy atom. The van der Waals surface area contributed by atoms with Gasteiger partial charge in [-0.25, -0.2) is 9.37 Å². The van der Waals surface area contributed by atoms with E-state index in [0.29, 0.717) is 18.0 Å². The molecule has 7 rings (SSSR count). The van der Waals surface area contributed by atoms with Crippen molar-refractivity contribution >= 4 is 21.9 Å². The van der Waals surface area contributed by atoms with Crippen LogP contribution in [-0.4, -0.2) is 63.8 Å². The first-order valence-corrected chi connectivity index (χ1v) is 15.7. The molecule has 2 aromatic carbocycles. The number of hydrogen-bond acceptors (Lipinski definition) is 6. The van der Waals surface area contributed by atoms with Gasteiger partial charge in [0.2, 0.25) is 0 Å². The summed E-state index contributed by atoms with van der Waals surface area (Å²) in [6.07, 6.45) is 11.0. The minimum Gasteiger partial charge on any atom is -0.492 e. The summed E-state index contributed by atoms with van der Waals surface area (Å²) in [5.41, 5.74) is 8.18. The van der Waals surface area contributed by atoms with E-state index in [0.717, 1.165) is 75.5 Å². The van der Waals surface area contributed by atoms with Gasteiger partial charge in [0.1, 0.15) is 29.5 Å². The summed E-state index contributed by atoms with van der Waals surface area (Å²) in [5, 5.41) is 13.4. The summed E-state index contributed by atoms with van der Waals surface area (Å²) in [5.74, 6) is 0.959. The number of rotatable bonds is 11. The fraction of sp³-hybridized carbons (Fsp3) is 0.306. The van der Waals surface area contributed by atoms with Crippen LogP contribution < -0.4 is 10.1 Å². The van der Waals surface area contributed by atoms with Crippen molar-refractivity contribution in [1.29, 1.82) is 0 Å². The molecule has 0 saturated heterocycles. The first kappa shape index (κ1) is 29.1. The molecule has 0 bridgehead atoms. The third-order valence-electron chi connectivity index (χ3n) is 8.70. The maximum absolute atomic E-state index is 14.7. The van der Waals surface area contributed by atoms with Gasteiger partial charge in [-0.05, 0) is 104 Å². The number of fused-ring (bicyclic) bond motifs is 2. The summed E-state index contributed by atoms with van der Waals surface area (Å²) >= 11 is 0. The van der Waals surface area contributed by atoms with E-state index in [4.69, 9.17) is 4.74 Å². The lowest BCUT2D eigenvalue weighted by Gasteiger charge is -2.12. The van der Waals surface area contributed by atoms with Gasteiger partial charge in [0.05, 0.1) is 11.2 Å². The third kappa shape index (κ3) is 6.45. The maximum Gasteiger partial charge on any atom is 0.138 e. The second kappa shape index (κ2) is 12.8. The van der Waals surface area contributed by atoms with Gasteiger partial charge in [-0.2, -0.15) is 5.10 Å². The number of H-pyrrole nitrogens is 2. The van der Waals surface area contributed by atoms with Gasteiger partial charge < -0.3 is 19.9 Å². The van der Waals surface area contributed by atoms with Gasteiger partial charge in [-0.1, -0.05) is 18.9 Å². The zero-order valence-corrected chi connectivity index (χ0v) is 25.7. The number of aromatic nitrogens is 5. The van der Waals surface area contributed by atoms with E-state index in [1.807, 2.05) is 49.6 Å². The average Bonchev–Trinajstić information content (AvgIpc) is 3.80. The van der Waals surface area contributed by atoms with Crippen molar-refractivity contribution in [2.75, 3.05) is 33.8 Å². The molecule has 1 aliphatic carbocycles. The van der Waals surface area contributed by atoms with Gasteiger partial charge >= 0.3 is 0 Å². The summed E-state index contributed by atoms with van der Waals surface area (Å²) in [7, 11) is 3.96. The lowest BCUT2D eigenvalue weighted by atomic mass is 10.0. The molecule has 0 radical (unpaired) electrons. The Morgan fingerprint density at radius 2 is 1.84 bits per heavy atom. The molecular formula is C36H38FN7O. The molecule has 6 aromatic rings. The predicted molar refractivity (Wildman–Crippen MR) is 178 cm³/mol. The quantitative estimate of drug-likeness (QED) is 0.145. The highest BCUT2D eigenvalue weighted by atomic mass is 19.1. The molecule has 45 heavy (non-hydrogen) atoms. The highest BCUT2D eigenvalue weighted by Gasteiger charge is 2.17. The highest BCUT2D eigenvalue weighted by molar-refractivity contribution is 6.00. The van der Waals surface area contributed by atoms with Gasteiger partial charge in [-0.3, -0.25) is 10.1 Å². The molecule has 9 heteroatoms. The zero-order chi connectivity index (χ0) is 30.8. The van der Waals surface area contributed by atoms with Crippen molar-refractivity contribution in [2.45, 2.75) is 32.2 Å². The number of halogens is 1. The van der Waals surface area contributed by atoms with Crippen molar-refractivity contribution in [3.05, 3.63) is 84.6 Å². The lowest BCUT2D eigenvalue weighted by molar-refractivity contribution is 0.260. The molecule has 230 valence electrons. The lowest BCUT2D eigenvalue weighted by Crippen LogP contribution is -2.20. The van der Waals surface area contributed by atoms with Crippen LogP contribution in [0.25, 0.3) is 55.6 Å². The topological polar surface area (TPSA) is 94.8 Å². The van der Waals surface area contributed by atoms with Crippen LogP contribution in [0, 0.1) is 11.7 Å². The normalized spacial score (nSPS) is 13.9. The molecule has 4 aromatic heterocycles. The average molecular weight is 604 g/mol. The summed E-state index contributed by atoms with van der Waals surface area (Å²) in [4.78, 5) is 14.6. The molecule has 1 saturated carbocycles. The maximum atomic E-state index is 14.7. The largest absolute Gasteiger partial charge is 0.492 e. The molecule has 1 aliphatic rings. The van der Waals surface area contributed by atoms with Crippen molar-refractivity contribution < 1.29 is 9.13 Å². The van der Waals surface area contributed by atoms with Crippen LogP contribution >= 0.6 is 0 Å². The predicted octanol–water partition coefficient (Wildman–Crippen LogP) is 7.19. The van der Waals surface area contributed by atoms with E-state index in [9.17, 15) is 4.39 Å². The number of ether oxygens (including phenoxy) is 1. The van der Waals surface area contributed by atoms with E-state index >= 15 is 0 Å². The first-order valence-electron chi connectivity index (χ1n) is 15.7. The monoisotopic (exact) mass is 603 g/mol. The van der Waals surface area contributed by atoms with Crippen LogP contribution in [0.15, 0.2) is 73.2 Å². The van der Waals surface area contributed by atoms with Crippen LogP contribution in [-0.2, 0) is 6.54 Å². The molecule has 0 aliphatic heterocycles. The van der Waals surface area contributed by atoms with Gasteiger partial charge in [0.15, 0.2) is 0 Å². The Labute approximate surface area is 262 Å². The van der Waals surface area contributed by atoms with Crippen LogP contribution in [0.4, 0.5) is 4.39 Å². The van der Waals surface area contributed by atoms with E-state index in [1.165, 1.54) is 43.4 Å². The number of hydrogen-bond donors (Lipinski definition) is 3. The van der Waals surface area contributed by atoms with E-state index in [1.54, 1.807) is 6.20 Å². The second-order valence-corrected chi connectivity index (χ2v) is 12.3. The van der Waals surface area contributed by atoms with Crippen LogP contribution in [0.3, 0.4) is 0 Å². The SMILES string of the molecule is CN(C)CCOc1cc(F)cc(-c2ccnc3[nH]c(-c4n[nH]c5ccc(-c6cncc(CNCC7CCCC7)c6)cc45)cc23)c1. The Morgan fingerprint density at radius 1 is 0.956 bits per heavy atom. The minimum absolute atomic E-state index is 0.345. The molecule has 0 spiro atoms. The Hall–Kier alpha value is -4.60. The standard InChI is InChI=1S/C36H38FN7O/c1-44(2)11-12-45-29-15-26(14-28(37)17-29)30-9-10-40-36-31(30)18-34(41-36)35-32-16-25(7-8-33(32)42-43-35)27-13-24(21-39-22-27)20-38-19-23-5-3-4-6-23/h7-10,13-18,21-23,38H,3-6,11-12,19-20H2,1-2H3,(H,40,41)(H,42,43).